The molecule has 8 heteroatoms. The van der Waals surface area contributed by atoms with Gasteiger partial charge in [0.1, 0.15) is 11.2 Å². The van der Waals surface area contributed by atoms with E-state index in [0.29, 0.717) is 32.7 Å². The molecule has 0 aliphatic carbocycles. The van der Waals surface area contributed by atoms with Crippen LogP contribution < -0.4 is 5.56 Å². The number of thioether (sulfide) groups is 1. The summed E-state index contributed by atoms with van der Waals surface area (Å²) >= 11 is 7.50. The van der Waals surface area contributed by atoms with Crippen molar-refractivity contribution in [1.82, 2.24) is 19.7 Å². The van der Waals surface area contributed by atoms with E-state index in [-0.39, 0.29) is 11.4 Å². The number of nitrogens with one attached hydrogen (secondary N) is 1. The van der Waals surface area contributed by atoms with Crippen LogP contribution in [0.25, 0.3) is 16.7 Å². The van der Waals surface area contributed by atoms with Crippen LogP contribution in [0.1, 0.15) is 11.1 Å². The molecule has 0 saturated heterocycles. The molecular weight excluding hydrogens is 387 g/mol. The molecule has 0 aliphatic heterocycles. The van der Waals surface area contributed by atoms with Crippen LogP contribution in [0.15, 0.2) is 58.6 Å². The van der Waals surface area contributed by atoms with Crippen molar-refractivity contribution in [3.63, 3.8) is 0 Å². The molecule has 2 aromatic heterocycles. The Morgan fingerprint density at radius 3 is 2.93 bits per heavy atom. The molecule has 4 aromatic rings. The van der Waals surface area contributed by atoms with Gasteiger partial charge in [0.05, 0.1) is 11.9 Å². The van der Waals surface area contributed by atoms with Crippen LogP contribution in [0.4, 0.5) is 4.39 Å². The van der Waals surface area contributed by atoms with Crippen molar-refractivity contribution < 1.29 is 4.39 Å². The van der Waals surface area contributed by atoms with E-state index in [1.54, 1.807) is 18.2 Å². The minimum atomic E-state index is -0.298. The molecule has 136 valence electrons. The Kier molecular flexibility index (Phi) is 4.72. The number of aromatic amines is 1. The molecule has 2 aromatic carbocycles. The Morgan fingerprint density at radius 1 is 1.26 bits per heavy atom. The molecule has 0 saturated carbocycles. The fourth-order valence-corrected chi connectivity index (χ4v) is 3.89. The summed E-state index contributed by atoms with van der Waals surface area (Å²) < 4.78 is 15.0. The lowest BCUT2D eigenvalue weighted by Gasteiger charge is -2.14. The van der Waals surface area contributed by atoms with Crippen molar-refractivity contribution in [2.24, 2.45) is 0 Å². The average Bonchev–Trinajstić information content (AvgIpc) is 3.11. The molecule has 5 nitrogen and oxygen atoms in total. The maximum Gasteiger partial charge on any atom is 0.269 e. The predicted molar refractivity (Wildman–Crippen MR) is 105 cm³/mol. The van der Waals surface area contributed by atoms with E-state index >= 15 is 0 Å². The van der Waals surface area contributed by atoms with E-state index in [9.17, 15) is 9.18 Å². The highest BCUT2D eigenvalue weighted by Crippen LogP contribution is 2.27. The van der Waals surface area contributed by atoms with Gasteiger partial charge >= 0.3 is 0 Å². The lowest BCUT2D eigenvalue weighted by Crippen LogP contribution is -2.22. The second-order valence-electron chi connectivity index (χ2n) is 6.02. The maximum absolute atomic E-state index is 13.5. The Labute approximate surface area is 163 Å². The first-order valence-electron chi connectivity index (χ1n) is 8.13. The van der Waals surface area contributed by atoms with Gasteiger partial charge in [-0.05, 0) is 42.3 Å². The third-order valence-electron chi connectivity index (χ3n) is 4.12. The zero-order valence-electron chi connectivity index (χ0n) is 14.2. The van der Waals surface area contributed by atoms with E-state index in [1.807, 2.05) is 19.1 Å². The quantitative estimate of drug-likeness (QED) is 0.404. The summed E-state index contributed by atoms with van der Waals surface area (Å²) in [6.07, 6.45) is 1.46. The van der Waals surface area contributed by atoms with Crippen LogP contribution in [0.2, 0.25) is 5.02 Å². The van der Waals surface area contributed by atoms with E-state index in [0.717, 1.165) is 11.1 Å². The number of aryl methyl sites for hydroxylation is 1. The molecule has 0 aliphatic rings. The Balaban J connectivity index is 1.85. The molecule has 27 heavy (non-hydrogen) atoms. The fourth-order valence-electron chi connectivity index (χ4n) is 2.78. The summed E-state index contributed by atoms with van der Waals surface area (Å²) in [5.74, 6) is 0.164. The van der Waals surface area contributed by atoms with Crippen LogP contribution in [0.3, 0.4) is 0 Å². The van der Waals surface area contributed by atoms with Gasteiger partial charge in [-0.25, -0.2) is 9.37 Å². The number of halogens is 2. The van der Waals surface area contributed by atoms with E-state index in [2.05, 4.69) is 15.2 Å². The van der Waals surface area contributed by atoms with Gasteiger partial charge in [0.2, 0.25) is 0 Å². The van der Waals surface area contributed by atoms with Crippen LogP contribution in [0.5, 0.6) is 0 Å². The average molecular weight is 401 g/mol. The van der Waals surface area contributed by atoms with Crippen LogP contribution in [0, 0.1) is 12.7 Å². The topological polar surface area (TPSA) is 63.6 Å². The highest BCUT2D eigenvalue weighted by atomic mass is 35.5. The molecule has 0 radical (unpaired) electrons. The van der Waals surface area contributed by atoms with Gasteiger partial charge in [-0.15, -0.1) is 0 Å². The van der Waals surface area contributed by atoms with Crippen molar-refractivity contribution in [2.45, 2.75) is 17.8 Å². The second kappa shape index (κ2) is 7.17. The predicted octanol–water partition coefficient (Wildman–Crippen LogP) is 4.50. The van der Waals surface area contributed by atoms with Gasteiger partial charge in [0.25, 0.3) is 5.56 Å². The molecule has 0 unspecified atom stereocenters. The molecular formula is C19H14ClFN4OS. The molecule has 0 atom stereocenters. The number of fused-ring (bicyclic) bond motifs is 1. The van der Waals surface area contributed by atoms with Crippen molar-refractivity contribution in [2.75, 3.05) is 0 Å². The molecule has 0 fully saturated rings. The SMILES string of the molecule is Cc1ccc(Cl)cc1-n1c(SCc2cccc(F)c2)nc2[nH]ncc2c1=O. The molecule has 1 N–H and O–H groups in total. The molecule has 2 heterocycles. The standard InChI is InChI=1S/C19H14ClFN4OS/c1-11-5-6-13(20)8-16(11)25-18(26)15-9-22-24-17(15)23-19(25)27-10-12-3-2-4-14(21)7-12/h2-9H,10H2,1H3,(H,22,24). The van der Waals surface area contributed by atoms with Crippen molar-refractivity contribution in [3.8, 4) is 5.69 Å². The highest BCUT2D eigenvalue weighted by Gasteiger charge is 2.16. The van der Waals surface area contributed by atoms with Gasteiger partial charge in [-0.2, -0.15) is 5.10 Å². The number of benzene rings is 2. The highest BCUT2D eigenvalue weighted by molar-refractivity contribution is 7.98. The summed E-state index contributed by atoms with van der Waals surface area (Å²) in [6.45, 7) is 1.90. The minimum Gasteiger partial charge on any atom is -0.268 e. The number of hydrogen-bond donors (Lipinski definition) is 1. The molecule has 0 bridgehead atoms. The first-order valence-corrected chi connectivity index (χ1v) is 9.49. The lowest BCUT2D eigenvalue weighted by atomic mass is 10.2. The van der Waals surface area contributed by atoms with Crippen molar-refractivity contribution >= 4 is 34.4 Å². The minimum absolute atomic E-state index is 0.235. The van der Waals surface area contributed by atoms with Gasteiger partial charge in [0.15, 0.2) is 10.8 Å². The summed E-state index contributed by atoms with van der Waals surface area (Å²) in [4.78, 5) is 17.6. The largest absolute Gasteiger partial charge is 0.269 e. The first kappa shape index (κ1) is 17.8. The second-order valence-corrected chi connectivity index (χ2v) is 7.40. The number of rotatable bonds is 4. The summed E-state index contributed by atoms with van der Waals surface area (Å²) in [6, 6.07) is 11.7. The monoisotopic (exact) mass is 400 g/mol. The zero-order chi connectivity index (χ0) is 19.0. The Bertz CT molecular complexity index is 1200. The number of H-pyrrole nitrogens is 1. The molecule has 4 rings (SSSR count). The van der Waals surface area contributed by atoms with Gasteiger partial charge in [0, 0.05) is 10.8 Å². The van der Waals surface area contributed by atoms with Crippen LogP contribution >= 0.6 is 23.4 Å². The number of hydrogen-bond acceptors (Lipinski definition) is 4. The number of aromatic nitrogens is 4. The van der Waals surface area contributed by atoms with Crippen LogP contribution in [-0.4, -0.2) is 19.7 Å². The maximum atomic E-state index is 13.5. The Morgan fingerprint density at radius 2 is 2.11 bits per heavy atom. The lowest BCUT2D eigenvalue weighted by molar-refractivity contribution is 0.626. The van der Waals surface area contributed by atoms with E-state index in [4.69, 9.17) is 11.6 Å². The normalized spacial score (nSPS) is 11.2. The summed E-state index contributed by atoms with van der Waals surface area (Å²) in [7, 11) is 0. The van der Waals surface area contributed by atoms with Gasteiger partial charge in [-0.1, -0.05) is 41.6 Å². The molecule has 0 spiro atoms. The molecule has 0 amide bonds. The van der Waals surface area contributed by atoms with Crippen LogP contribution in [-0.2, 0) is 5.75 Å². The zero-order valence-corrected chi connectivity index (χ0v) is 15.8. The van der Waals surface area contributed by atoms with Gasteiger partial charge < -0.3 is 0 Å². The summed E-state index contributed by atoms with van der Waals surface area (Å²) in [5.41, 5.74) is 2.52. The van der Waals surface area contributed by atoms with Crippen molar-refractivity contribution in [3.05, 3.63) is 81.0 Å². The van der Waals surface area contributed by atoms with E-state index in [1.165, 1.54) is 34.7 Å². The first-order chi connectivity index (χ1) is 13.0. The number of nitrogens with zero attached hydrogens (tertiary/aromatic N) is 3. The van der Waals surface area contributed by atoms with E-state index < -0.39 is 0 Å². The smallest absolute Gasteiger partial charge is 0.268 e. The van der Waals surface area contributed by atoms with Crippen molar-refractivity contribution in [1.29, 1.82) is 0 Å². The van der Waals surface area contributed by atoms with Gasteiger partial charge in [-0.3, -0.25) is 14.5 Å². The third kappa shape index (κ3) is 3.48. The fraction of sp³-hybridized carbons (Fsp3) is 0.105. The Hall–Kier alpha value is -2.64. The third-order valence-corrected chi connectivity index (χ3v) is 5.37. The summed E-state index contributed by atoms with van der Waals surface area (Å²) in [5, 5.41) is 8.06.